The van der Waals surface area contributed by atoms with E-state index in [9.17, 15) is 4.39 Å². The third-order valence-corrected chi connectivity index (χ3v) is 1.71. The minimum absolute atomic E-state index is 0.326. The fraction of sp³-hybridized carbons (Fsp3) is 0.667. The molecule has 0 saturated carbocycles. The van der Waals surface area contributed by atoms with Gasteiger partial charge in [0.15, 0.2) is 0 Å². The Hall–Kier alpha value is -0.345. The smallest absolute Gasteiger partial charge is 0.423 e. The van der Waals surface area contributed by atoms with Crippen LogP contribution >= 0.6 is 0 Å². The second-order valence-electron chi connectivity index (χ2n) is 2.52. The number of hydrogen-bond donors (Lipinski definition) is 2. The molecule has 0 aromatic carbocycles. The highest BCUT2D eigenvalue weighted by Gasteiger charge is 2.20. The zero-order chi connectivity index (χ0) is 7.56. The van der Waals surface area contributed by atoms with Crippen LogP contribution in [0.15, 0.2) is 11.5 Å². The molecule has 0 aromatic heterocycles. The topological polar surface area (TPSA) is 40.5 Å². The van der Waals surface area contributed by atoms with Crippen LogP contribution in [0.1, 0.15) is 19.3 Å². The van der Waals surface area contributed by atoms with Crippen molar-refractivity contribution in [1.82, 2.24) is 0 Å². The van der Waals surface area contributed by atoms with Crippen molar-refractivity contribution in [3.63, 3.8) is 0 Å². The fourth-order valence-electron chi connectivity index (χ4n) is 1.06. The van der Waals surface area contributed by atoms with Crippen molar-refractivity contribution < 1.29 is 14.4 Å². The Labute approximate surface area is 59.5 Å². The first kappa shape index (κ1) is 7.76. The number of rotatable bonds is 1. The minimum atomic E-state index is -1.38. The predicted molar refractivity (Wildman–Crippen MR) is 37.0 cm³/mol. The molecule has 0 aromatic rings. The van der Waals surface area contributed by atoms with Gasteiger partial charge >= 0.3 is 7.12 Å². The van der Waals surface area contributed by atoms with Gasteiger partial charge in [-0.1, -0.05) is 6.08 Å². The molecule has 0 radical (unpaired) electrons. The lowest BCUT2D eigenvalue weighted by atomic mass is 9.73. The normalized spacial score (nSPS) is 25.9. The molecule has 2 N–H and O–H groups in total. The molecule has 0 fully saturated rings. The third-order valence-electron chi connectivity index (χ3n) is 1.71. The molecular weight excluding hydrogens is 134 g/mol. The van der Waals surface area contributed by atoms with Gasteiger partial charge in [0, 0.05) is 0 Å². The maximum atomic E-state index is 12.4. The first-order valence-electron chi connectivity index (χ1n) is 3.39. The molecule has 1 atom stereocenters. The van der Waals surface area contributed by atoms with Crippen LogP contribution in [-0.2, 0) is 0 Å². The molecule has 1 aliphatic rings. The van der Waals surface area contributed by atoms with Gasteiger partial charge in [-0.25, -0.2) is 4.39 Å². The van der Waals surface area contributed by atoms with Gasteiger partial charge in [-0.2, -0.15) is 0 Å². The fourth-order valence-corrected chi connectivity index (χ4v) is 1.06. The molecule has 0 heterocycles. The zero-order valence-corrected chi connectivity index (χ0v) is 5.63. The molecule has 0 bridgehead atoms. The third kappa shape index (κ3) is 1.82. The van der Waals surface area contributed by atoms with E-state index in [4.69, 9.17) is 10.0 Å². The van der Waals surface area contributed by atoms with E-state index in [1.165, 1.54) is 0 Å². The Morgan fingerprint density at radius 3 is 2.70 bits per heavy atom. The Bertz CT molecular complexity index is 147. The van der Waals surface area contributed by atoms with Crippen molar-refractivity contribution in [2.75, 3.05) is 0 Å². The molecule has 0 saturated heterocycles. The highest BCUT2D eigenvalue weighted by molar-refractivity contribution is 6.50. The highest BCUT2D eigenvalue weighted by atomic mass is 19.1. The van der Waals surface area contributed by atoms with E-state index in [-0.39, 0.29) is 0 Å². The molecule has 2 nitrogen and oxygen atoms in total. The summed E-state index contributed by atoms with van der Waals surface area (Å²) in [6.45, 7) is 0. The van der Waals surface area contributed by atoms with Gasteiger partial charge < -0.3 is 10.0 Å². The van der Waals surface area contributed by atoms with Crippen LogP contribution in [0, 0.1) is 0 Å². The summed E-state index contributed by atoms with van der Waals surface area (Å²) in [5, 5.41) is 17.3. The molecule has 1 rings (SSSR count). The van der Waals surface area contributed by atoms with E-state index in [1.807, 2.05) is 0 Å². The van der Waals surface area contributed by atoms with Crippen molar-refractivity contribution in [3.05, 3.63) is 11.5 Å². The molecule has 4 heteroatoms. The van der Waals surface area contributed by atoms with Gasteiger partial charge in [0.05, 0.1) is 0 Å². The van der Waals surface area contributed by atoms with E-state index in [1.54, 1.807) is 6.08 Å². The van der Waals surface area contributed by atoms with E-state index in [0.717, 1.165) is 0 Å². The summed E-state index contributed by atoms with van der Waals surface area (Å²) in [7, 11) is -1.38. The highest BCUT2D eigenvalue weighted by Crippen LogP contribution is 2.20. The second kappa shape index (κ2) is 3.17. The van der Waals surface area contributed by atoms with Gasteiger partial charge in [-0.3, -0.25) is 0 Å². The van der Waals surface area contributed by atoms with Crippen LogP contribution in [0.5, 0.6) is 0 Å². The summed E-state index contributed by atoms with van der Waals surface area (Å²) in [4.78, 5) is 0. The zero-order valence-electron chi connectivity index (χ0n) is 5.63. The lowest BCUT2D eigenvalue weighted by Gasteiger charge is -2.14. The summed E-state index contributed by atoms with van der Waals surface area (Å²) in [6, 6.07) is 0. The van der Waals surface area contributed by atoms with E-state index in [0.29, 0.717) is 24.7 Å². The quantitative estimate of drug-likeness (QED) is 0.524. The van der Waals surface area contributed by atoms with Crippen LogP contribution in [0.25, 0.3) is 0 Å². The number of alkyl halides is 1. The van der Waals surface area contributed by atoms with Crippen molar-refractivity contribution in [2.45, 2.75) is 25.4 Å². The van der Waals surface area contributed by atoms with Gasteiger partial charge in [0.1, 0.15) is 6.17 Å². The Morgan fingerprint density at radius 1 is 1.60 bits per heavy atom. The van der Waals surface area contributed by atoms with Crippen LogP contribution < -0.4 is 0 Å². The first-order valence-corrected chi connectivity index (χ1v) is 3.39. The molecule has 1 aliphatic carbocycles. The average molecular weight is 144 g/mol. The maximum absolute atomic E-state index is 12.4. The second-order valence-corrected chi connectivity index (χ2v) is 2.52. The van der Waals surface area contributed by atoms with Crippen molar-refractivity contribution in [3.8, 4) is 0 Å². The molecule has 10 heavy (non-hydrogen) atoms. The predicted octanol–water partition coefficient (Wildman–Crippen LogP) is 0.447. The molecule has 0 amide bonds. The Kier molecular flexibility index (Phi) is 2.46. The van der Waals surface area contributed by atoms with Crippen molar-refractivity contribution in [2.24, 2.45) is 0 Å². The van der Waals surface area contributed by atoms with E-state index in [2.05, 4.69) is 0 Å². The number of halogens is 1. The van der Waals surface area contributed by atoms with Gasteiger partial charge in [0.2, 0.25) is 0 Å². The standard InChI is InChI=1S/C6H10BFO2/c8-6-3-1-5(2-4-6)7(9)10/h1,6,9-10H,2-4H2. The Morgan fingerprint density at radius 2 is 2.30 bits per heavy atom. The van der Waals surface area contributed by atoms with Crippen molar-refractivity contribution in [1.29, 1.82) is 0 Å². The largest absolute Gasteiger partial charge is 0.483 e. The lowest BCUT2D eigenvalue weighted by Crippen LogP contribution is -2.19. The van der Waals surface area contributed by atoms with Crippen LogP contribution in [-0.4, -0.2) is 23.3 Å². The number of hydrogen-bond acceptors (Lipinski definition) is 2. The molecule has 0 spiro atoms. The van der Waals surface area contributed by atoms with Gasteiger partial charge in [-0.15, -0.1) is 0 Å². The molecule has 56 valence electrons. The van der Waals surface area contributed by atoms with Crippen LogP contribution in [0.2, 0.25) is 0 Å². The summed E-state index contributed by atoms with van der Waals surface area (Å²) in [6.07, 6.45) is 2.00. The molecular formula is C6H10BFO2. The molecule has 0 aliphatic heterocycles. The van der Waals surface area contributed by atoms with Gasteiger partial charge in [-0.05, 0) is 24.7 Å². The van der Waals surface area contributed by atoms with Crippen LogP contribution in [0.3, 0.4) is 0 Å². The average Bonchev–Trinajstić information content (AvgIpc) is 1.88. The van der Waals surface area contributed by atoms with Crippen molar-refractivity contribution >= 4 is 7.12 Å². The van der Waals surface area contributed by atoms with Gasteiger partial charge in [0.25, 0.3) is 0 Å². The minimum Gasteiger partial charge on any atom is -0.423 e. The summed E-state index contributed by atoms with van der Waals surface area (Å²) >= 11 is 0. The van der Waals surface area contributed by atoms with E-state index >= 15 is 0 Å². The summed E-state index contributed by atoms with van der Waals surface area (Å²) in [5.41, 5.74) is 0.550. The summed E-state index contributed by atoms with van der Waals surface area (Å²) < 4.78 is 12.4. The first-order chi connectivity index (χ1) is 4.70. The van der Waals surface area contributed by atoms with E-state index < -0.39 is 13.3 Å². The monoisotopic (exact) mass is 144 g/mol. The maximum Gasteiger partial charge on any atom is 0.483 e. The SMILES string of the molecule is OB(O)C1=CCC(F)CC1. The summed E-state index contributed by atoms with van der Waals surface area (Å²) in [5.74, 6) is 0. The number of allylic oxidation sites excluding steroid dienone is 2. The Balaban J connectivity index is 2.48. The lowest BCUT2D eigenvalue weighted by molar-refractivity contribution is 0.306. The van der Waals surface area contributed by atoms with Crippen LogP contribution in [0.4, 0.5) is 4.39 Å². The molecule has 1 unspecified atom stereocenters.